The van der Waals surface area contributed by atoms with E-state index in [2.05, 4.69) is 20.4 Å². The summed E-state index contributed by atoms with van der Waals surface area (Å²) in [4.78, 5) is 26.5. The molecule has 0 saturated carbocycles. The van der Waals surface area contributed by atoms with Crippen LogP contribution < -0.4 is 10.8 Å². The minimum absolute atomic E-state index is 0.0295. The molecule has 0 aromatic carbocycles. The molecule has 0 radical (unpaired) electrons. The molecule has 1 fully saturated rings. The number of alkyl carbamates (subject to hydrolysis) is 1. The van der Waals surface area contributed by atoms with Crippen molar-refractivity contribution in [3.05, 3.63) is 0 Å². The van der Waals surface area contributed by atoms with Crippen LogP contribution in [-0.2, 0) is 14.4 Å². The van der Waals surface area contributed by atoms with Gasteiger partial charge in [0.05, 0.1) is 0 Å². The van der Waals surface area contributed by atoms with Gasteiger partial charge in [0.15, 0.2) is 0 Å². The van der Waals surface area contributed by atoms with E-state index in [1.807, 2.05) is 0 Å². The molecule has 1 atom stereocenters. The molecular weight excluding hydrogens is 270 g/mol. The first kappa shape index (κ1) is 12.6. The van der Waals surface area contributed by atoms with E-state index in [4.69, 9.17) is 34.8 Å². The first-order valence-electron chi connectivity index (χ1n) is 3.80. The molecule has 15 heavy (non-hydrogen) atoms. The fourth-order valence-electron chi connectivity index (χ4n) is 0.781. The van der Waals surface area contributed by atoms with Crippen LogP contribution in [0, 0.1) is 0 Å². The van der Waals surface area contributed by atoms with Crippen molar-refractivity contribution in [1.29, 1.82) is 0 Å². The Balaban J connectivity index is 2.27. The highest BCUT2D eigenvalue weighted by Crippen LogP contribution is 2.25. The van der Waals surface area contributed by atoms with Crippen molar-refractivity contribution in [3.63, 3.8) is 0 Å². The van der Waals surface area contributed by atoms with E-state index in [0.717, 1.165) is 0 Å². The summed E-state index contributed by atoms with van der Waals surface area (Å²) in [6.45, 7) is -0.375. The molecule has 1 saturated heterocycles. The van der Waals surface area contributed by atoms with Crippen LogP contribution >= 0.6 is 34.8 Å². The summed E-state index contributed by atoms with van der Waals surface area (Å²) < 4.78 is 2.86. The molecule has 2 N–H and O–H groups in total. The molecule has 1 heterocycles. The van der Waals surface area contributed by atoms with Gasteiger partial charge in [-0.2, -0.15) is 0 Å². The Labute approximate surface area is 100 Å². The molecule has 0 bridgehead atoms. The van der Waals surface area contributed by atoms with Crippen molar-refractivity contribution in [1.82, 2.24) is 10.8 Å². The van der Waals surface area contributed by atoms with Crippen molar-refractivity contribution in [2.24, 2.45) is 0 Å². The van der Waals surface area contributed by atoms with Crippen LogP contribution in [0.3, 0.4) is 0 Å². The number of ether oxygens (including phenoxy) is 1. The summed E-state index contributed by atoms with van der Waals surface area (Å²) in [6.07, 6.45) is -0.855. The fraction of sp³-hybridized carbons (Fsp3) is 0.667. The quantitative estimate of drug-likeness (QED) is 0.721. The number of nitrogens with one attached hydrogen (secondary N) is 2. The van der Waals surface area contributed by atoms with Gasteiger partial charge >= 0.3 is 6.09 Å². The molecule has 0 aliphatic carbocycles. The average molecular weight is 277 g/mol. The third-order valence-corrected chi connectivity index (χ3v) is 1.73. The van der Waals surface area contributed by atoms with Gasteiger partial charge in [-0.15, -0.1) is 0 Å². The summed E-state index contributed by atoms with van der Waals surface area (Å²) in [5, 5.41) is 2.23. The molecule has 0 aromatic rings. The van der Waals surface area contributed by atoms with Crippen molar-refractivity contribution in [3.8, 4) is 0 Å². The van der Waals surface area contributed by atoms with Gasteiger partial charge in [-0.25, -0.2) is 10.3 Å². The highest BCUT2D eigenvalue weighted by atomic mass is 35.6. The molecule has 2 amide bonds. The number of amides is 2. The van der Waals surface area contributed by atoms with Crippen LogP contribution in [0.2, 0.25) is 0 Å². The van der Waals surface area contributed by atoms with Crippen molar-refractivity contribution in [2.45, 2.75) is 9.83 Å². The monoisotopic (exact) mass is 276 g/mol. The zero-order valence-electron chi connectivity index (χ0n) is 7.26. The minimum Gasteiger partial charge on any atom is -0.445 e. The smallest absolute Gasteiger partial charge is 0.408 e. The van der Waals surface area contributed by atoms with E-state index in [1.165, 1.54) is 0 Å². The number of carbonyl (C=O) groups is 2. The van der Waals surface area contributed by atoms with Gasteiger partial charge in [-0.1, -0.05) is 34.8 Å². The number of hydrogen-bond acceptors (Lipinski definition) is 4. The predicted molar refractivity (Wildman–Crippen MR) is 52.7 cm³/mol. The Morgan fingerprint density at radius 2 is 2.33 bits per heavy atom. The van der Waals surface area contributed by atoms with Gasteiger partial charge in [0.1, 0.15) is 19.3 Å². The van der Waals surface area contributed by atoms with Gasteiger partial charge in [0.25, 0.3) is 5.91 Å². The molecule has 86 valence electrons. The second-order valence-electron chi connectivity index (χ2n) is 2.67. The van der Waals surface area contributed by atoms with E-state index in [9.17, 15) is 9.59 Å². The fourth-order valence-corrected chi connectivity index (χ4v) is 0.945. The molecule has 6 nitrogen and oxygen atoms in total. The Kier molecular flexibility index (Phi) is 4.27. The Bertz CT molecular complexity index is 268. The summed E-state index contributed by atoms with van der Waals surface area (Å²) in [5.74, 6) is -0.458. The van der Waals surface area contributed by atoms with E-state index >= 15 is 0 Å². The highest BCUT2D eigenvalue weighted by molar-refractivity contribution is 6.67. The van der Waals surface area contributed by atoms with E-state index in [-0.39, 0.29) is 6.61 Å². The lowest BCUT2D eigenvalue weighted by Crippen LogP contribution is -2.42. The van der Waals surface area contributed by atoms with Crippen LogP contribution in [0.5, 0.6) is 0 Å². The zero-order valence-corrected chi connectivity index (χ0v) is 9.53. The highest BCUT2D eigenvalue weighted by Gasteiger charge is 2.29. The van der Waals surface area contributed by atoms with E-state index in [0.29, 0.717) is 0 Å². The molecule has 0 spiro atoms. The summed E-state index contributed by atoms with van der Waals surface area (Å²) in [6, 6.07) is -0.784. The van der Waals surface area contributed by atoms with Gasteiger partial charge < -0.3 is 10.1 Å². The Hall–Kier alpha value is -0.430. The second kappa shape index (κ2) is 5.07. The number of carbonyl (C=O) groups excluding carboxylic acids is 2. The third kappa shape index (κ3) is 4.74. The number of hydrogen-bond donors (Lipinski definition) is 2. The largest absolute Gasteiger partial charge is 0.445 e. The van der Waals surface area contributed by atoms with Gasteiger partial charge in [-0.3, -0.25) is 9.63 Å². The number of hydroxylamine groups is 1. The maximum absolute atomic E-state index is 11.0. The van der Waals surface area contributed by atoms with E-state index < -0.39 is 28.4 Å². The zero-order chi connectivity index (χ0) is 11.5. The van der Waals surface area contributed by atoms with Gasteiger partial charge in [-0.05, 0) is 0 Å². The van der Waals surface area contributed by atoms with Crippen LogP contribution in [0.1, 0.15) is 0 Å². The Morgan fingerprint density at radius 3 is 2.80 bits per heavy atom. The maximum Gasteiger partial charge on any atom is 0.408 e. The second-order valence-corrected chi connectivity index (χ2v) is 5.18. The van der Waals surface area contributed by atoms with Gasteiger partial charge in [0, 0.05) is 0 Å². The first-order chi connectivity index (χ1) is 6.88. The topological polar surface area (TPSA) is 76.7 Å². The summed E-state index contributed by atoms with van der Waals surface area (Å²) >= 11 is 16.0. The molecular formula is C6H7Cl3N2O4. The lowest BCUT2D eigenvalue weighted by Gasteiger charge is -2.13. The van der Waals surface area contributed by atoms with E-state index in [1.54, 1.807) is 0 Å². The van der Waals surface area contributed by atoms with Crippen LogP contribution in [-0.4, -0.2) is 35.0 Å². The number of rotatable bonds is 2. The summed E-state index contributed by atoms with van der Waals surface area (Å²) in [5.41, 5.74) is 2.06. The molecule has 0 aromatic heterocycles. The van der Waals surface area contributed by atoms with Crippen LogP contribution in [0.15, 0.2) is 0 Å². The minimum atomic E-state index is -1.67. The molecule has 1 aliphatic rings. The van der Waals surface area contributed by atoms with Gasteiger partial charge in [0.2, 0.25) is 3.79 Å². The molecule has 9 heteroatoms. The van der Waals surface area contributed by atoms with Crippen LogP contribution in [0.4, 0.5) is 4.79 Å². The first-order valence-corrected chi connectivity index (χ1v) is 4.93. The van der Waals surface area contributed by atoms with Crippen LogP contribution in [0.25, 0.3) is 0 Å². The van der Waals surface area contributed by atoms with Crippen molar-refractivity contribution in [2.75, 3.05) is 13.2 Å². The maximum atomic E-state index is 11.0. The Morgan fingerprint density at radius 1 is 1.67 bits per heavy atom. The normalized spacial score (nSPS) is 21.0. The number of halogens is 3. The van der Waals surface area contributed by atoms with Crippen molar-refractivity contribution >= 4 is 46.8 Å². The SMILES string of the molecule is O=C(N[C@H]1CONC1=O)OCC(Cl)(Cl)Cl. The van der Waals surface area contributed by atoms with Crippen molar-refractivity contribution < 1.29 is 19.2 Å². The number of alkyl halides is 3. The lowest BCUT2D eigenvalue weighted by molar-refractivity contribution is -0.125. The molecule has 1 rings (SSSR count). The standard InChI is InChI=1S/C6H7Cl3N2O4/c7-6(8,9)2-14-5(13)10-3-1-15-11-4(3)12/h3H,1-2H2,(H,10,13)(H,11,12)/t3-/m0/s1. The predicted octanol–water partition coefficient (Wildman–Crippen LogP) is 0.513. The molecule has 1 aliphatic heterocycles. The lowest BCUT2D eigenvalue weighted by atomic mass is 10.3. The molecule has 0 unspecified atom stereocenters. The summed E-state index contributed by atoms with van der Waals surface area (Å²) in [7, 11) is 0. The third-order valence-electron chi connectivity index (χ3n) is 1.40. The average Bonchev–Trinajstić information content (AvgIpc) is 2.47.